The number of rotatable bonds is 33. The molecule has 0 aromatic rings. The van der Waals surface area contributed by atoms with E-state index in [1.165, 1.54) is 109 Å². The summed E-state index contributed by atoms with van der Waals surface area (Å²) in [4.78, 5) is 21.5. The van der Waals surface area contributed by atoms with Gasteiger partial charge in [-0.15, -0.1) is 0 Å². The molecule has 0 aliphatic carbocycles. The maximum absolute atomic E-state index is 11.2. The Morgan fingerprint density at radius 3 is 1.07 bits per heavy atom. The summed E-state index contributed by atoms with van der Waals surface area (Å²) in [5.41, 5.74) is 0. The topological polar surface area (TPSA) is 104 Å². The highest BCUT2D eigenvalue weighted by atomic mass is 16.5. The Hall–Kier alpha value is -1.14. The van der Waals surface area contributed by atoms with Gasteiger partial charge in [-0.2, -0.15) is 0 Å². The zero-order valence-corrected chi connectivity index (χ0v) is 29.6. The van der Waals surface area contributed by atoms with Crippen LogP contribution in [0.1, 0.15) is 213 Å². The lowest BCUT2D eigenvalue weighted by Gasteiger charge is -2.10. The highest BCUT2D eigenvalue weighted by molar-refractivity contribution is 5.69. The third-order valence-corrected chi connectivity index (χ3v) is 8.43. The zero-order valence-electron chi connectivity index (χ0n) is 29.6. The molecule has 3 N–H and O–H groups in total. The second-order valence-corrected chi connectivity index (χ2v) is 12.9. The molecule has 0 saturated heterocycles. The van der Waals surface area contributed by atoms with Crippen molar-refractivity contribution in [3.05, 3.63) is 0 Å². The van der Waals surface area contributed by atoms with Crippen LogP contribution in [0.2, 0.25) is 0 Å². The lowest BCUT2D eigenvalue weighted by Crippen LogP contribution is -2.05. The Bertz CT molecular complexity index is 582. The van der Waals surface area contributed by atoms with E-state index in [9.17, 15) is 19.8 Å². The monoisotopic (exact) mass is 629 g/mol. The molecule has 0 heterocycles. The van der Waals surface area contributed by atoms with Crippen molar-refractivity contribution in [2.75, 3.05) is 6.61 Å². The number of carbonyl (C=O) groups excluding carboxylic acids is 1. The van der Waals surface area contributed by atoms with Crippen molar-refractivity contribution in [2.24, 2.45) is 0 Å². The predicted octanol–water partition coefficient (Wildman–Crippen LogP) is 11.1. The van der Waals surface area contributed by atoms with Gasteiger partial charge in [-0.05, 0) is 45.4 Å². The molecule has 264 valence electrons. The summed E-state index contributed by atoms with van der Waals surface area (Å²) in [6.07, 6.45) is 33.3. The first-order chi connectivity index (χ1) is 21.4. The fourth-order valence-electron chi connectivity index (χ4n) is 5.56. The summed E-state index contributed by atoms with van der Waals surface area (Å²) in [6.45, 7) is 6.77. The van der Waals surface area contributed by atoms with Crippen molar-refractivity contribution >= 4 is 11.9 Å². The van der Waals surface area contributed by atoms with Crippen LogP contribution in [0.4, 0.5) is 0 Å². The summed E-state index contributed by atoms with van der Waals surface area (Å²) in [5, 5.41) is 28.3. The van der Waals surface area contributed by atoms with Crippen LogP contribution in [-0.2, 0) is 14.3 Å². The second kappa shape index (κ2) is 38.0. The number of aliphatic hydroxyl groups excluding tert-OH is 2. The summed E-state index contributed by atoms with van der Waals surface area (Å²) >= 11 is 0. The number of hydrogen-bond donors (Lipinski definition) is 3. The van der Waals surface area contributed by atoms with Crippen LogP contribution in [0.3, 0.4) is 0 Å². The molecule has 6 heteroatoms. The SMILES string of the molecule is CCCCCCC(O)CCCCCCCCCCC(=O)O.CCCCCCC(O)CCCCCCCCCCC(=O)OCC. The number of carboxylic acid groups (broad SMARTS) is 1. The molecule has 0 aromatic carbocycles. The van der Waals surface area contributed by atoms with Crippen molar-refractivity contribution in [1.82, 2.24) is 0 Å². The first kappa shape index (κ1) is 45.0. The normalized spacial score (nSPS) is 12.4. The maximum Gasteiger partial charge on any atom is 0.305 e. The van der Waals surface area contributed by atoms with Crippen molar-refractivity contribution in [2.45, 2.75) is 226 Å². The van der Waals surface area contributed by atoms with Crippen LogP contribution in [0.5, 0.6) is 0 Å². The van der Waals surface area contributed by atoms with Gasteiger partial charge >= 0.3 is 11.9 Å². The smallest absolute Gasteiger partial charge is 0.305 e. The van der Waals surface area contributed by atoms with E-state index in [2.05, 4.69) is 13.8 Å². The molecule has 0 aliphatic rings. The van der Waals surface area contributed by atoms with Crippen molar-refractivity contribution in [3.63, 3.8) is 0 Å². The van der Waals surface area contributed by atoms with Gasteiger partial charge in [-0.3, -0.25) is 9.59 Å². The highest BCUT2D eigenvalue weighted by Gasteiger charge is 2.05. The third kappa shape index (κ3) is 40.9. The van der Waals surface area contributed by atoms with Crippen molar-refractivity contribution in [1.29, 1.82) is 0 Å². The molecule has 44 heavy (non-hydrogen) atoms. The number of carboxylic acids is 1. The first-order valence-electron chi connectivity index (χ1n) is 19.1. The van der Waals surface area contributed by atoms with E-state index in [4.69, 9.17) is 9.84 Å². The van der Waals surface area contributed by atoms with E-state index in [1.807, 2.05) is 6.92 Å². The van der Waals surface area contributed by atoms with Crippen LogP contribution in [0.15, 0.2) is 0 Å². The molecular weight excluding hydrogens is 552 g/mol. The number of esters is 1. The van der Waals surface area contributed by atoms with Crippen LogP contribution >= 0.6 is 0 Å². The van der Waals surface area contributed by atoms with Crippen LogP contribution in [-0.4, -0.2) is 46.1 Å². The molecule has 0 spiro atoms. The number of hydrogen-bond acceptors (Lipinski definition) is 5. The number of carbonyl (C=O) groups is 2. The number of aliphatic hydroxyl groups is 2. The molecular formula is C38H76O6. The predicted molar refractivity (Wildman–Crippen MR) is 186 cm³/mol. The minimum atomic E-state index is -0.678. The number of aliphatic carboxylic acids is 1. The second-order valence-electron chi connectivity index (χ2n) is 12.9. The Morgan fingerprint density at radius 2 is 0.750 bits per heavy atom. The van der Waals surface area contributed by atoms with E-state index in [0.29, 0.717) is 19.4 Å². The zero-order chi connectivity index (χ0) is 32.9. The highest BCUT2D eigenvalue weighted by Crippen LogP contribution is 2.16. The standard InChI is InChI=1S/C20H40O3.C18H36O3/c1-3-5-6-13-16-19(21)17-14-11-9-7-8-10-12-15-18-20(22)23-4-2;1-2-3-4-11-14-17(19)15-12-9-7-5-6-8-10-13-16-18(20)21/h19,21H,3-18H2,1-2H3;17,19H,2-16H2,1H3,(H,20,21). The van der Waals surface area contributed by atoms with Gasteiger partial charge in [-0.25, -0.2) is 0 Å². The van der Waals surface area contributed by atoms with E-state index in [1.54, 1.807) is 0 Å². The van der Waals surface area contributed by atoms with E-state index in [-0.39, 0.29) is 18.2 Å². The van der Waals surface area contributed by atoms with Crippen molar-refractivity contribution < 1.29 is 29.6 Å². The molecule has 0 aromatic heterocycles. The largest absolute Gasteiger partial charge is 0.481 e. The Balaban J connectivity index is 0. The molecule has 2 unspecified atom stereocenters. The summed E-state index contributed by atoms with van der Waals surface area (Å²) < 4.78 is 4.91. The van der Waals surface area contributed by atoms with Crippen molar-refractivity contribution in [3.8, 4) is 0 Å². The first-order valence-corrected chi connectivity index (χ1v) is 19.1. The van der Waals surface area contributed by atoms with E-state index < -0.39 is 5.97 Å². The Labute approximate surface area is 273 Å². The van der Waals surface area contributed by atoms with Gasteiger partial charge < -0.3 is 20.1 Å². The van der Waals surface area contributed by atoms with Gasteiger partial charge in [0.15, 0.2) is 0 Å². The maximum atomic E-state index is 11.2. The molecule has 2 atom stereocenters. The van der Waals surface area contributed by atoms with Crippen LogP contribution in [0.25, 0.3) is 0 Å². The van der Waals surface area contributed by atoms with Crippen LogP contribution in [0, 0.1) is 0 Å². The minimum Gasteiger partial charge on any atom is -0.481 e. The van der Waals surface area contributed by atoms with E-state index >= 15 is 0 Å². The van der Waals surface area contributed by atoms with E-state index in [0.717, 1.165) is 70.6 Å². The molecule has 0 aliphatic heterocycles. The average Bonchev–Trinajstić information content (AvgIpc) is 2.99. The molecule has 0 rings (SSSR count). The Morgan fingerprint density at radius 1 is 0.455 bits per heavy atom. The van der Waals surface area contributed by atoms with Gasteiger partial charge in [0.1, 0.15) is 0 Å². The lowest BCUT2D eigenvalue weighted by molar-refractivity contribution is -0.143. The number of ether oxygens (including phenoxy) is 1. The summed E-state index contributed by atoms with van der Waals surface area (Å²) in [7, 11) is 0. The molecule has 0 bridgehead atoms. The minimum absolute atomic E-state index is 0.0549. The van der Waals surface area contributed by atoms with Gasteiger partial charge in [0, 0.05) is 12.8 Å². The van der Waals surface area contributed by atoms with Gasteiger partial charge in [0.05, 0.1) is 18.8 Å². The molecule has 0 saturated carbocycles. The summed E-state index contributed by atoms with van der Waals surface area (Å²) in [6, 6.07) is 0. The van der Waals surface area contributed by atoms with Crippen LogP contribution < -0.4 is 0 Å². The Kier molecular flexibility index (Phi) is 38.9. The fraction of sp³-hybridized carbons (Fsp3) is 0.947. The fourth-order valence-corrected chi connectivity index (χ4v) is 5.56. The van der Waals surface area contributed by atoms with Gasteiger partial charge in [-0.1, -0.05) is 155 Å². The van der Waals surface area contributed by atoms with Gasteiger partial charge in [0.2, 0.25) is 0 Å². The third-order valence-electron chi connectivity index (χ3n) is 8.43. The molecule has 0 fully saturated rings. The molecule has 6 nitrogen and oxygen atoms in total. The average molecular weight is 629 g/mol. The number of unbranched alkanes of at least 4 members (excludes halogenated alkanes) is 20. The molecule has 0 amide bonds. The lowest BCUT2D eigenvalue weighted by atomic mass is 10.0. The molecule has 0 radical (unpaired) electrons. The van der Waals surface area contributed by atoms with Gasteiger partial charge in [0.25, 0.3) is 0 Å². The summed E-state index contributed by atoms with van der Waals surface area (Å²) in [5.74, 6) is -0.732. The quantitative estimate of drug-likeness (QED) is 0.0493.